The average Bonchev–Trinajstić information content (AvgIpc) is 2.39. The number of rotatable bonds is 2. The van der Waals surface area contributed by atoms with Crippen molar-refractivity contribution in [3.8, 4) is 0 Å². The number of anilines is 1. The molecule has 0 saturated carbocycles. The van der Waals surface area contributed by atoms with Gasteiger partial charge in [0.25, 0.3) is 5.91 Å². The zero-order valence-electron chi connectivity index (χ0n) is 9.68. The molecule has 0 saturated heterocycles. The van der Waals surface area contributed by atoms with E-state index in [-0.39, 0.29) is 20.1 Å². The Morgan fingerprint density at radius 1 is 1.05 bits per heavy atom. The lowest BCUT2D eigenvalue weighted by molar-refractivity contribution is 0.102. The van der Waals surface area contributed by atoms with Crippen LogP contribution in [0.15, 0.2) is 34.8 Å². The molecule has 104 valence electrons. The Morgan fingerprint density at radius 2 is 1.70 bits per heavy atom. The van der Waals surface area contributed by atoms with Crippen LogP contribution in [0.5, 0.6) is 0 Å². The van der Waals surface area contributed by atoms with Crippen molar-refractivity contribution in [2.24, 2.45) is 0 Å². The molecule has 2 aromatic carbocycles. The van der Waals surface area contributed by atoms with E-state index in [1.807, 2.05) is 0 Å². The fourth-order valence-electron chi connectivity index (χ4n) is 1.45. The van der Waals surface area contributed by atoms with E-state index < -0.39 is 11.7 Å². The summed E-state index contributed by atoms with van der Waals surface area (Å²) in [5.74, 6) is -0.889. The Balaban J connectivity index is 2.27. The highest BCUT2D eigenvalue weighted by Gasteiger charge is 2.12. The van der Waals surface area contributed by atoms with Gasteiger partial charge in [-0.3, -0.25) is 4.79 Å². The van der Waals surface area contributed by atoms with Crippen molar-refractivity contribution in [1.82, 2.24) is 0 Å². The monoisotopic (exact) mass is 395 g/mol. The Labute approximate surface area is 138 Å². The van der Waals surface area contributed by atoms with Crippen LogP contribution in [0.2, 0.25) is 15.1 Å². The zero-order chi connectivity index (χ0) is 14.9. The molecule has 0 fully saturated rings. The van der Waals surface area contributed by atoms with Crippen molar-refractivity contribution >= 4 is 62.3 Å². The Bertz CT molecular complexity index is 694. The molecular weight excluding hydrogens is 391 g/mol. The van der Waals surface area contributed by atoms with Crippen molar-refractivity contribution in [3.63, 3.8) is 0 Å². The van der Waals surface area contributed by atoms with Crippen molar-refractivity contribution in [3.05, 3.63) is 61.3 Å². The van der Waals surface area contributed by atoms with Gasteiger partial charge in [-0.15, -0.1) is 0 Å². The average molecular weight is 397 g/mol. The van der Waals surface area contributed by atoms with Gasteiger partial charge < -0.3 is 5.32 Å². The molecule has 0 bridgehead atoms. The number of nitrogens with one attached hydrogen (secondary N) is 1. The van der Waals surface area contributed by atoms with Gasteiger partial charge in [0.05, 0.1) is 25.2 Å². The van der Waals surface area contributed by atoms with Crippen LogP contribution >= 0.6 is 50.7 Å². The standard InChI is InChI=1S/C13H6BrCl3FNO/c14-7-3-6(1-2-11(7)18)13(20)19-12-5-9(16)8(15)4-10(12)17/h1-5H,(H,19,20). The minimum absolute atomic E-state index is 0.199. The second-order valence-electron chi connectivity index (χ2n) is 3.83. The molecule has 0 aliphatic carbocycles. The third-order valence-corrected chi connectivity index (χ3v) is 4.08. The quantitative estimate of drug-likeness (QED) is 0.638. The molecule has 20 heavy (non-hydrogen) atoms. The summed E-state index contributed by atoms with van der Waals surface area (Å²) < 4.78 is 13.3. The molecule has 2 aromatic rings. The first-order valence-electron chi connectivity index (χ1n) is 5.29. The van der Waals surface area contributed by atoms with Gasteiger partial charge in [0.2, 0.25) is 0 Å². The summed E-state index contributed by atoms with van der Waals surface area (Å²) in [6, 6.07) is 6.80. The predicted molar refractivity (Wildman–Crippen MR) is 83.5 cm³/mol. The summed E-state index contributed by atoms with van der Waals surface area (Å²) in [6.45, 7) is 0. The lowest BCUT2D eigenvalue weighted by Gasteiger charge is -2.09. The molecule has 0 aliphatic heterocycles. The minimum Gasteiger partial charge on any atom is -0.321 e. The topological polar surface area (TPSA) is 29.1 Å². The van der Waals surface area contributed by atoms with Gasteiger partial charge in [0.1, 0.15) is 5.82 Å². The van der Waals surface area contributed by atoms with Gasteiger partial charge in [0.15, 0.2) is 0 Å². The van der Waals surface area contributed by atoms with Gasteiger partial charge in [-0.2, -0.15) is 0 Å². The summed E-state index contributed by atoms with van der Waals surface area (Å²) >= 11 is 20.6. The lowest BCUT2D eigenvalue weighted by Crippen LogP contribution is -2.12. The highest BCUT2D eigenvalue weighted by molar-refractivity contribution is 9.10. The normalized spacial score (nSPS) is 10.4. The van der Waals surface area contributed by atoms with Gasteiger partial charge in [0, 0.05) is 5.56 Å². The molecule has 0 radical (unpaired) electrons. The van der Waals surface area contributed by atoms with E-state index in [0.717, 1.165) is 0 Å². The highest BCUT2D eigenvalue weighted by Crippen LogP contribution is 2.32. The molecular formula is C13H6BrCl3FNO. The first-order valence-corrected chi connectivity index (χ1v) is 7.22. The van der Waals surface area contributed by atoms with Gasteiger partial charge in [-0.25, -0.2) is 4.39 Å². The number of benzene rings is 2. The number of carbonyl (C=O) groups is 1. The number of amides is 1. The highest BCUT2D eigenvalue weighted by atomic mass is 79.9. The third kappa shape index (κ3) is 3.44. The summed E-state index contributed by atoms with van der Waals surface area (Å²) in [5, 5.41) is 3.40. The maximum Gasteiger partial charge on any atom is 0.255 e. The Kier molecular flexibility index (Phi) is 4.91. The Morgan fingerprint density at radius 3 is 2.35 bits per heavy atom. The molecule has 2 nitrogen and oxygen atoms in total. The number of carbonyl (C=O) groups excluding carboxylic acids is 1. The smallest absolute Gasteiger partial charge is 0.255 e. The minimum atomic E-state index is -0.450. The van der Waals surface area contributed by atoms with Gasteiger partial charge in [-0.05, 0) is 46.3 Å². The van der Waals surface area contributed by atoms with E-state index in [9.17, 15) is 9.18 Å². The second kappa shape index (κ2) is 6.31. The van der Waals surface area contributed by atoms with Crippen LogP contribution in [0.3, 0.4) is 0 Å². The van der Waals surface area contributed by atoms with Crippen molar-refractivity contribution in [2.45, 2.75) is 0 Å². The van der Waals surface area contributed by atoms with Crippen LogP contribution in [0.1, 0.15) is 10.4 Å². The van der Waals surface area contributed by atoms with Crippen molar-refractivity contribution in [2.75, 3.05) is 5.32 Å². The summed E-state index contributed by atoms with van der Waals surface area (Å²) in [4.78, 5) is 12.0. The fraction of sp³-hybridized carbons (Fsp3) is 0. The first-order chi connectivity index (χ1) is 9.38. The molecule has 0 aliphatic rings. The second-order valence-corrected chi connectivity index (χ2v) is 5.91. The molecule has 0 unspecified atom stereocenters. The van der Waals surface area contributed by atoms with Crippen LogP contribution in [0.4, 0.5) is 10.1 Å². The SMILES string of the molecule is O=C(Nc1cc(Cl)c(Cl)cc1Cl)c1ccc(F)c(Br)c1. The third-order valence-electron chi connectivity index (χ3n) is 2.44. The van der Waals surface area contributed by atoms with Crippen molar-refractivity contribution < 1.29 is 9.18 Å². The zero-order valence-corrected chi connectivity index (χ0v) is 13.5. The maximum atomic E-state index is 13.1. The van der Waals surface area contributed by atoms with Crippen LogP contribution in [-0.2, 0) is 0 Å². The van der Waals surface area contributed by atoms with Crippen molar-refractivity contribution in [1.29, 1.82) is 0 Å². The largest absolute Gasteiger partial charge is 0.321 e. The lowest BCUT2D eigenvalue weighted by atomic mass is 10.2. The summed E-state index contributed by atoms with van der Waals surface area (Å²) in [7, 11) is 0. The molecule has 7 heteroatoms. The maximum absolute atomic E-state index is 13.1. The van der Waals surface area contributed by atoms with E-state index in [1.165, 1.54) is 30.3 Å². The van der Waals surface area contributed by atoms with Crippen LogP contribution < -0.4 is 5.32 Å². The van der Waals surface area contributed by atoms with Gasteiger partial charge in [-0.1, -0.05) is 34.8 Å². The molecule has 1 amide bonds. The molecule has 2 rings (SSSR count). The van der Waals surface area contributed by atoms with E-state index in [0.29, 0.717) is 10.7 Å². The predicted octanol–water partition coefficient (Wildman–Crippen LogP) is 5.80. The van der Waals surface area contributed by atoms with E-state index >= 15 is 0 Å². The molecule has 0 aromatic heterocycles. The summed E-state index contributed by atoms with van der Waals surface area (Å²) in [5.41, 5.74) is 0.604. The van der Waals surface area contributed by atoms with E-state index in [2.05, 4.69) is 21.2 Å². The van der Waals surface area contributed by atoms with Crippen LogP contribution in [0, 0.1) is 5.82 Å². The number of hydrogen-bond donors (Lipinski definition) is 1. The molecule has 0 heterocycles. The number of hydrogen-bond acceptors (Lipinski definition) is 1. The molecule has 0 spiro atoms. The van der Waals surface area contributed by atoms with Crippen LogP contribution in [0.25, 0.3) is 0 Å². The van der Waals surface area contributed by atoms with E-state index in [1.54, 1.807) is 0 Å². The number of halogens is 5. The first kappa shape index (κ1) is 15.6. The molecule has 0 atom stereocenters. The van der Waals surface area contributed by atoms with Crippen LogP contribution in [-0.4, -0.2) is 5.91 Å². The molecule has 1 N–H and O–H groups in total. The Hall–Kier alpha value is -0.810. The van der Waals surface area contributed by atoms with Gasteiger partial charge >= 0.3 is 0 Å². The van der Waals surface area contributed by atoms with E-state index in [4.69, 9.17) is 34.8 Å². The fourth-order valence-corrected chi connectivity index (χ4v) is 2.42. The summed E-state index contributed by atoms with van der Waals surface area (Å²) in [6.07, 6.45) is 0.